The number of fused-ring (bicyclic) bond motifs is 1. The number of Topliss-reactive ketones (excluding diaryl/α,β-unsaturated/α-hetero) is 1. The Morgan fingerprint density at radius 2 is 1.85 bits per heavy atom. The number of likely N-dealkylation sites (tertiary alicyclic amines) is 1. The zero-order valence-electron chi connectivity index (χ0n) is 15.0. The average Bonchev–Trinajstić information content (AvgIpc) is 3.24. The molecule has 2 atom stereocenters. The van der Waals surface area contributed by atoms with E-state index in [1.807, 2.05) is 16.7 Å². The van der Waals surface area contributed by atoms with E-state index in [1.165, 1.54) is 12.8 Å². The lowest BCUT2D eigenvalue weighted by molar-refractivity contribution is -0.134. The van der Waals surface area contributed by atoms with Crippen LogP contribution < -0.4 is 0 Å². The van der Waals surface area contributed by atoms with Crippen molar-refractivity contribution in [3.05, 3.63) is 33.3 Å². The standard InChI is InChI=1S/C19H22Cl2N2O2S.ClH/c20-16-7-13-14(8-17(16)21)18(24)9-15(13)19(25)23-5-6-26-11-12(23)10-22-3-1-2-4-22;/h7-8,12,15H,1-6,9-11H2;1H/t12-,15+;/m1./s1. The lowest BCUT2D eigenvalue weighted by atomic mass is 9.99. The van der Waals surface area contributed by atoms with Gasteiger partial charge < -0.3 is 9.80 Å². The van der Waals surface area contributed by atoms with E-state index >= 15 is 0 Å². The highest BCUT2D eigenvalue weighted by Crippen LogP contribution is 2.39. The van der Waals surface area contributed by atoms with Crippen LogP contribution in [0.4, 0.5) is 0 Å². The highest BCUT2D eigenvalue weighted by molar-refractivity contribution is 7.99. The van der Waals surface area contributed by atoms with Gasteiger partial charge in [0.05, 0.1) is 22.0 Å². The molecule has 0 bridgehead atoms. The number of rotatable bonds is 3. The van der Waals surface area contributed by atoms with Crippen LogP contribution in [0.3, 0.4) is 0 Å². The molecule has 2 saturated heterocycles. The van der Waals surface area contributed by atoms with Crippen LogP contribution in [0.15, 0.2) is 12.1 Å². The Morgan fingerprint density at radius 3 is 2.59 bits per heavy atom. The number of hydrogen-bond donors (Lipinski definition) is 0. The van der Waals surface area contributed by atoms with Crippen LogP contribution in [0.2, 0.25) is 10.0 Å². The molecule has 0 saturated carbocycles. The maximum absolute atomic E-state index is 13.4. The first-order valence-corrected chi connectivity index (χ1v) is 11.1. The van der Waals surface area contributed by atoms with Gasteiger partial charge in [0.25, 0.3) is 0 Å². The maximum Gasteiger partial charge on any atom is 0.230 e. The molecule has 2 heterocycles. The number of ketones is 1. The third-order valence-corrected chi connectivity index (χ3v) is 7.45. The molecule has 1 amide bonds. The molecular weight excluding hydrogens is 427 g/mol. The van der Waals surface area contributed by atoms with E-state index in [4.69, 9.17) is 23.2 Å². The van der Waals surface area contributed by atoms with Gasteiger partial charge in [-0.15, -0.1) is 12.4 Å². The van der Waals surface area contributed by atoms with Gasteiger partial charge in [-0.3, -0.25) is 9.59 Å². The van der Waals surface area contributed by atoms with Crippen molar-refractivity contribution in [3.8, 4) is 0 Å². The van der Waals surface area contributed by atoms with Crippen molar-refractivity contribution < 1.29 is 9.59 Å². The lowest BCUT2D eigenvalue weighted by Crippen LogP contribution is -2.52. The first-order valence-electron chi connectivity index (χ1n) is 9.17. The third-order valence-electron chi connectivity index (χ3n) is 5.63. The molecule has 0 aromatic heterocycles. The van der Waals surface area contributed by atoms with Crippen molar-refractivity contribution in [1.82, 2.24) is 9.80 Å². The topological polar surface area (TPSA) is 40.6 Å². The normalized spacial score (nSPS) is 25.4. The van der Waals surface area contributed by atoms with Gasteiger partial charge in [0.2, 0.25) is 5.91 Å². The summed E-state index contributed by atoms with van der Waals surface area (Å²) in [6, 6.07) is 3.55. The Balaban J connectivity index is 0.00000210. The number of amides is 1. The Morgan fingerprint density at radius 1 is 1.15 bits per heavy atom. The van der Waals surface area contributed by atoms with Crippen LogP contribution in [0.1, 0.15) is 41.1 Å². The summed E-state index contributed by atoms with van der Waals surface area (Å²) in [6.07, 6.45) is 2.72. The van der Waals surface area contributed by atoms with Crippen LogP contribution in [-0.2, 0) is 4.79 Å². The van der Waals surface area contributed by atoms with Crippen LogP contribution in [0, 0.1) is 0 Å². The quantitative estimate of drug-likeness (QED) is 0.696. The summed E-state index contributed by atoms with van der Waals surface area (Å²) in [6.45, 7) is 3.95. The molecule has 4 nitrogen and oxygen atoms in total. The van der Waals surface area contributed by atoms with E-state index < -0.39 is 5.92 Å². The van der Waals surface area contributed by atoms with Gasteiger partial charge in [-0.1, -0.05) is 23.2 Å². The van der Waals surface area contributed by atoms with Crippen molar-refractivity contribution in [2.75, 3.05) is 37.7 Å². The average molecular weight is 450 g/mol. The molecule has 0 N–H and O–H groups in total. The highest BCUT2D eigenvalue weighted by Gasteiger charge is 2.40. The molecule has 2 fully saturated rings. The smallest absolute Gasteiger partial charge is 0.230 e. The van der Waals surface area contributed by atoms with Crippen molar-refractivity contribution in [3.63, 3.8) is 0 Å². The molecule has 4 rings (SSSR count). The van der Waals surface area contributed by atoms with Gasteiger partial charge in [0.1, 0.15) is 0 Å². The zero-order chi connectivity index (χ0) is 18.3. The van der Waals surface area contributed by atoms with Crippen molar-refractivity contribution in [2.45, 2.75) is 31.2 Å². The minimum Gasteiger partial charge on any atom is -0.336 e. The molecule has 27 heavy (non-hydrogen) atoms. The highest BCUT2D eigenvalue weighted by atomic mass is 35.5. The number of carbonyl (C=O) groups excluding carboxylic acids is 2. The summed E-state index contributed by atoms with van der Waals surface area (Å²) >= 11 is 14.1. The second kappa shape index (κ2) is 8.91. The fourth-order valence-electron chi connectivity index (χ4n) is 4.28. The minimum atomic E-state index is -0.420. The molecular formula is C19H23Cl3N2O2S. The lowest BCUT2D eigenvalue weighted by Gasteiger charge is -2.39. The second-order valence-electron chi connectivity index (χ2n) is 7.30. The number of hydrogen-bond acceptors (Lipinski definition) is 4. The van der Waals surface area contributed by atoms with E-state index in [9.17, 15) is 9.59 Å². The van der Waals surface area contributed by atoms with Crippen LogP contribution >= 0.6 is 47.4 Å². The van der Waals surface area contributed by atoms with E-state index in [2.05, 4.69) is 4.90 Å². The Bertz CT molecular complexity index is 740. The predicted octanol–water partition coefficient (Wildman–Crippen LogP) is 4.13. The summed E-state index contributed by atoms with van der Waals surface area (Å²) < 4.78 is 0. The summed E-state index contributed by atoms with van der Waals surface area (Å²) in [4.78, 5) is 30.2. The second-order valence-corrected chi connectivity index (χ2v) is 9.27. The van der Waals surface area contributed by atoms with Gasteiger partial charge in [-0.25, -0.2) is 0 Å². The minimum absolute atomic E-state index is 0. The van der Waals surface area contributed by atoms with Gasteiger partial charge in [0, 0.05) is 36.6 Å². The van der Waals surface area contributed by atoms with Crippen molar-refractivity contribution in [2.24, 2.45) is 0 Å². The SMILES string of the molecule is Cl.O=C1C[C@H](C(=O)N2CCSC[C@H]2CN2CCCC2)c2cc(Cl)c(Cl)cc21. The molecule has 1 aliphatic carbocycles. The molecule has 0 unspecified atom stereocenters. The molecule has 148 valence electrons. The van der Waals surface area contributed by atoms with Gasteiger partial charge in [-0.2, -0.15) is 11.8 Å². The van der Waals surface area contributed by atoms with Gasteiger partial charge in [-0.05, 0) is 43.6 Å². The summed E-state index contributed by atoms with van der Waals surface area (Å²) in [5.41, 5.74) is 1.30. The van der Waals surface area contributed by atoms with E-state index in [1.54, 1.807) is 12.1 Å². The first kappa shape index (κ1) is 21.3. The van der Waals surface area contributed by atoms with Crippen LogP contribution in [-0.4, -0.2) is 65.2 Å². The van der Waals surface area contributed by atoms with E-state index in [0.717, 1.165) is 43.2 Å². The summed E-state index contributed by atoms with van der Waals surface area (Å²) in [7, 11) is 0. The zero-order valence-corrected chi connectivity index (χ0v) is 18.1. The monoisotopic (exact) mass is 448 g/mol. The number of benzene rings is 1. The van der Waals surface area contributed by atoms with Crippen molar-refractivity contribution in [1.29, 1.82) is 0 Å². The fraction of sp³-hybridized carbons (Fsp3) is 0.579. The predicted molar refractivity (Wildman–Crippen MR) is 114 cm³/mol. The third kappa shape index (κ3) is 4.27. The van der Waals surface area contributed by atoms with E-state index in [0.29, 0.717) is 15.6 Å². The molecule has 0 radical (unpaired) electrons. The summed E-state index contributed by atoms with van der Waals surface area (Å²) in [5.74, 6) is 1.56. The maximum atomic E-state index is 13.4. The Kier molecular flexibility index (Phi) is 7.02. The van der Waals surface area contributed by atoms with Gasteiger partial charge >= 0.3 is 0 Å². The van der Waals surface area contributed by atoms with E-state index in [-0.39, 0.29) is 36.6 Å². The van der Waals surface area contributed by atoms with Crippen LogP contribution in [0.25, 0.3) is 0 Å². The first-order chi connectivity index (χ1) is 12.5. The molecule has 3 aliphatic rings. The molecule has 2 aliphatic heterocycles. The molecule has 8 heteroatoms. The molecule has 1 aromatic rings. The summed E-state index contributed by atoms with van der Waals surface area (Å²) in [5, 5.41) is 0.772. The molecule has 1 aromatic carbocycles. The molecule has 0 spiro atoms. The number of halogens is 3. The van der Waals surface area contributed by atoms with Crippen molar-refractivity contribution >= 4 is 59.1 Å². The Hall–Kier alpha value is -0.460. The number of carbonyl (C=O) groups is 2. The number of thioether (sulfide) groups is 1. The van der Waals surface area contributed by atoms with Crippen LogP contribution in [0.5, 0.6) is 0 Å². The van der Waals surface area contributed by atoms with Gasteiger partial charge in [0.15, 0.2) is 5.78 Å². The Labute approximate surface area is 180 Å². The largest absolute Gasteiger partial charge is 0.336 e. The number of nitrogens with zero attached hydrogens (tertiary/aromatic N) is 2. The fourth-order valence-corrected chi connectivity index (χ4v) is 5.66.